The summed E-state index contributed by atoms with van der Waals surface area (Å²) < 4.78 is 0. The molecule has 1 N–H and O–H groups in total. The SMILES string of the molecule is Cc1cc(C)nc(SCC(=O)N(c2ccc(Nc3ccccc3)cc2)C(C)C)n1. The number of carbonyl (C=O) groups excluding carboxylic acids is 1. The van der Waals surface area contributed by atoms with E-state index in [-0.39, 0.29) is 11.9 Å². The fourth-order valence-electron chi connectivity index (χ4n) is 3.08. The molecule has 2 aromatic carbocycles. The van der Waals surface area contributed by atoms with Crippen LogP contribution in [0.4, 0.5) is 17.1 Å². The third kappa shape index (κ3) is 5.81. The summed E-state index contributed by atoms with van der Waals surface area (Å²) in [5.74, 6) is 0.335. The number of nitrogens with zero attached hydrogens (tertiary/aromatic N) is 3. The zero-order valence-electron chi connectivity index (χ0n) is 17.2. The van der Waals surface area contributed by atoms with Crippen molar-refractivity contribution in [1.82, 2.24) is 9.97 Å². The minimum atomic E-state index is 0.0385. The topological polar surface area (TPSA) is 58.1 Å². The summed E-state index contributed by atoms with van der Waals surface area (Å²) in [5, 5.41) is 4.00. The van der Waals surface area contributed by atoms with Crippen LogP contribution in [0.5, 0.6) is 0 Å². The van der Waals surface area contributed by atoms with Gasteiger partial charge >= 0.3 is 0 Å². The van der Waals surface area contributed by atoms with Gasteiger partial charge in [0.1, 0.15) is 0 Å². The first kappa shape index (κ1) is 20.9. The number of nitrogens with one attached hydrogen (secondary N) is 1. The first-order valence-corrected chi connectivity index (χ1v) is 10.6. The van der Waals surface area contributed by atoms with Gasteiger partial charge in [-0.3, -0.25) is 4.79 Å². The van der Waals surface area contributed by atoms with Gasteiger partial charge in [-0.15, -0.1) is 0 Å². The predicted molar refractivity (Wildman–Crippen MR) is 121 cm³/mol. The van der Waals surface area contributed by atoms with Gasteiger partial charge in [0.15, 0.2) is 5.16 Å². The number of para-hydroxylation sites is 1. The van der Waals surface area contributed by atoms with Crippen molar-refractivity contribution in [1.29, 1.82) is 0 Å². The molecule has 0 bridgehead atoms. The second-order valence-corrected chi connectivity index (χ2v) is 8.06. The lowest BCUT2D eigenvalue weighted by Crippen LogP contribution is -2.38. The van der Waals surface area contributed by atoms with Gasteiger partial charge in [-0.25, -0.2) is 9.97 Å². The fourth-order valence-corrected chi connectivity index (χ4v) is 3.89. The molecule has 0 unspecified atom stereocenters. The Morgan fingerprint density at radius 3 is 2.14 bits per heavy atom. The highest BCUT2D eigenvalue weighted by molar-refractivity contribution is 7.99. The third-order valence-corrected chi connectivity index (χ3v) is 5.11. The summed E-state index contributed by atoms with van der Waals surface area (Å²) in [6, 6.07) is 19.9. The first-order chi connectivity index (χ1) is 13.9. The molecule has 0 aliphatic rings. The average Bonchev–Trinajstić information content (AvgIpc) is 2.68. The molecule has 0 spiro atoms. The van der Waals surface area contributed by atoms with Crippen molar-refractivity contribution in [3.8, 4) is 0 Å². The van der Waals surface area contributed by atoms with Crippen LogP contribution in [-0.2, 0) is 4.79 Å². The zero-order valence-corrected chi connectivity index (χ0v) is 18.0. The number of benzene rings is 2. The number of hydrogen-bond donors (Lipinski definition) is 1. The van der Waals surface area contributed by atoms with Crippen LogP contribution in [-0.4, -0.2) is 27.7 Å². The Bertz CT molecular complexity index is 938. The molecule has 6 heteroatoms. The molecule has 29 heavy (non-hydrogen) atoms. The maximum absolute atomic E-state index is 12.9. The molecule has 1 amide bonds. The number of amides is 1. The Kier molecular flexibility index (Phi) is 6.88. The van der Waals surface area contributed by atoms with Crippen molar-refractivity contribution >= 4 is 34.7 Å². The molecule has 3 aromatic rings. The summed E-state index contributed by atoms with van der Waals surface area (Å²) in [4.78, 5) is 23.6. The second-order valence-electron chi connectivity index (χ2n) is 7.12. The number of rotatable bonds is 7. The van der Waals surface area contributed by atoms with Crippen molar-refractivity contribution in [3.05, 3.63) is 72.1 Å². The molecule has 150 valence electrons. The molecular weight excluding hydrogens is 380 g/mol. The number of aromatic nitrogens is 2. The highest BCUT2D eigenvalue weighted by Gasteiger charge is 2.19. The number of hydrogen-bond acceptors (Lipinski definition) is 5. The van der Waals surface area contributed by atoms with Crippen molar-refractivity contribution in [2.75, 3.05) is 16.0 Å². The van der Waals surface area contributed by atoms with Gasteiger partial charge in [0, 0.05) is 34.5 Å². The van der Waals surface area contributed by atoms with E-state index in [0.29, 0.717) is 10.9 Å². The van der Waals surface area contributed by atoms with E-state index in [2.05, 4.69) is 15.3 Å². The van der Waals surface area contributed by atoms with E-state index in [4.69, 9.17) is 0 Å². The Balaban J connectivity index is 1.69. The van der Waals surface area contributed by atoms with Gasteiger partial charge in [-0.1, -0.05) is 30.0 Å². The Hall–Kier alpha value is -2.86. The van der Waals surface area contributed by atoms with Crippen LogP contribution >= 0.6 is 11.8 Å². The molecule has 0 aliphatic carbocycles. The standard InChI is InChI=1S/C23H26N4OS/c1-16(2)27(22(28)15-29-23-24-17(3)14-18(4)25-23)21-12-10-20(11-13-21)26-19-8-6-5-7-9-19/h5-14,16,26H,15H2,1-4H3. The Labute approximate surface area is 176 Å². The quantitative estimate of drug-likeness (QED) is 0.422. The van der Waals surface area contributed by atoms with E-state index in [9.17, 15) is 4.79 Å². The summed E-state index contributed by atoms with van der Waals surface area (Å²) in [7, 11) is 0. The van der Waals surface area contributed by atoms with Crippen molar-refractivity contribution in [2.24, 2.45) is 0 Å². The first-order valence-electron chi connectivity index (χ1n) is 9.61. The van der Waals surface area contributed by atoms with Crippen molar-refractivity contribution in [2.45, 2.75) is 38.9 Å². The van der Waals surface area contributed by atoms with Crippen LogP contribution in [0.2, 0.25) is 0 Å². The number of thioether (sulfide) groups is 1. The molecule has 0 aliphatic heterocycles. The summed E-state index contributed by atoms with van der Waals surface area (Å²) in [5.41, 5.74) is 4.71. The molecule has 0 saturated carbocycles. The third-order valence-electron chi connectivity index (χ3n) is 4.28. The van der Waals surface area contributed by atoms with Crippen LogP contribution in [0.1, 0.15) is 25.2 Å². The largest absolute Gasteiger partial charge is 0.356 e. The molecule has 0 radical (unpaired) electrons. The van der Waals surface area contributed by atoms with E-state index in [1.54, 1.807) is 0 Å². The number of aryl methyl sites for hydroxylation is 2. The minimum absolute atomic E-state index is 0.0385. The molecule has 5 nitrogen and oxygen atoms in total. The predicted octanol–water partition coefficient (Wildman–Crippen LogP) is 5.37. The molecule has 0 saturated heterocycles. The highest BCUT2D eigenvalue weighted by atomic mass is 32.2. The lowest BCUT2D eigenvalue weighted by molar-refractivity contribution is -0.116. The molecule has 1 heterocycles. The molecule has 1 aromatic heterocycles. The normalized spacial score (nSPS) is 10.8. The van der Waals surface area contributed by atoms with Gasteiger partial charge in [-0.2, -0.15) is 0 Å². The molecule has 0 fully saturated rings. The van der Waals surface area contributed by atoms with E-state index in [1.807, 2.05) is 93.3 Å². The summed E-state index contributed by atoms with van der Waals surface area (Å²) >= 11 is 1.38. The molecular formula is C23H26N4OS. The monoisotopic (exact) mass is 406 g/mol. The van der Waals surface area contributed by atoms with Crippen LogP contribution in [0.15, 0.2) is 65.8 Å². The maximum Gasteiger partial charge on any atom is 0.237 e. The van der Waals surface area contributed by atoms with Crippen LogP contribution in [0.25, 0.3) is 0 Å². The van der Waals surface area contributed by atoms with Gasteiger partial charge < -0.3 is 10.2 Å². The average molecular weight is 407 g/mol. The maximum atomic E-state index is 12.9. The van der Waals surface area contributed by atoms with Crippen LogP contribution in [0, 0.1) is 13.8 Å². The summed E-state index contributed by atoms with van der Waals surface area (Å²) in [6.45, 7) is 7.91. The molecule has 3 rings (SSSR count). The lowest BCUT2D eigenvalue weighted by Gasteiger charge is -2.27. The number of carbonyl (C=O) groups is 1. The zero-order chi connectivity index (χ0) is 20.8. The van der Waals surface area contributed by atoms with Crippen molar-refractivity contribution in [3.63, 3.8) is 0 Å². The van der Waals surface area contributed by atoms with Gasteiger partial charge in [0.05, 0.1) is 5.75 Å². The van der Waals surface area contributed by atoms with E-state index >= 15 is 0 Å². The van der Waals surface area contributed by atoms with Crippen LogP contribution < -0.4 is 10.2 Å². The van der Waals surface area contributed by atoms with Gasteiger partial charge in [0.2, 0.25) is 5.91 Å². The Morgan fingerprint density at radius 1 is 0.966 bits per heavy atom. The smallest absolute Gasteiger partial charge is 0.237 e. The van der Waals surface area contributed by atoms with Crippen LogP contribution in [0.3, 0.4) is 0 Å². The van der Waals surface area contributed by atoms with E-state index < -0.39 is 0 Å². The Morgan fingerprint density at radius 2 is 1.55 bits per heavy atom. The van der Waals surface area contributed by atoms with E-state index in [0.717, 1.165) is 28.5 Å². The highest BCUT2D eigenvalue weighted by Crippen LogP contribution is 2.24. The van der Waals surface area contributed by atoms with Crippen molar-refractivity contribution < 1.29 is 4.79 Å². The number of anilines is 3. The second kappa shape index (κ2) is 9.56. The summed E-state index contributed by atoms with van der Waals surface area (Å²) in [6.07, 6.45) is 0. The fraction of sp³-hybridized carbons (Fsp3) is 0.261. The minimum Gasteiger partial charge on any atom is -0.356 e. The van der Waals surface area contributed by atoms with E-state index in [1.165, 1.54) is 11.8 Å². The van der Waals surface area contributed by atoms with Gasteiger partial charge in [-0.05, 0) is 70.2 Å². The lowest BCUT2D eigenvalue weighted by atomic mass is 10.2. The molecule has 0 atom stereocenters. The van der Waals surface area contributed by atoms with Gasteiger partial charge in [0.25, 0.3) is 0 Å².